The maximum Gasteiger partial charge on any atom is 0.416 e. The molecule has 1 saturated heterocycles. The van der Waals surface area contributed by atoms with Crippen LogP contribution in [0.5, 0.6) is 0 Å². The molecule has 35 heavy (non-hydrogen) atoms. The summed E-state index contributed by atoms with van der Waals surface area (Å²) in [6.07, 6.45) is 0.499. The van der Waals surface area contributed by atoms with Gasteiger partial charge in [-0.25, -0.2) is 4.98 Å². The number of alkyl halides is 3. The third kappa shape index (κ3) is 4.93. The summed E-state index contributed by atoms with van der Waals surface area (Å²) in [5.74, 6) is 1.99. The summed E-state index contributed by atoms with van der Waals surface area (Å²) in [5.41, 5.74) is 1.85. The van der Waals surface area contributed by atoms with Crippen LogP contribution in [-0.2, 0) is 13.2 Å². The zero-order valence-corrected chi connectivity index (χ0v) is 20.1. The molecule has 0 radical (unpaired) electrons. The topological polar surface area (TPSA) is 70.6 Å². The van der Waals surface area contributed by atoms with E-state index in [0.29, 0.717) is 17.4 Å². The Bertz CT molecular complexity index is 1250. The second-order valence-electron chi connectivity index (χ2n) is 9.37. The van der Waals surface area contributed by atoms with Crippen molar-refractivity contribution in [3.8, 4) is 17.5 Å². The van der Waals surface area contributed by atoms with Crippen LogP contribution in [0.15, 0.2) is 47.8 Å². The lowest BCUT2D eigenvalue weighted by atomic mass is 9.97. The van der Waals surface area contributed by atoms with E-state index < -0.39 is 11.7 Å². The van der Waals surface area contributed by atoms with E-state index in [2.05, 4.69) is 20.1 Å². The highest BCUT2D eigenvalue weighted by molar-refractivity contribution is 7.99. The molecule has 6 nitrogen and oxygen atoms in total. The molecule has 0 N–H and O–H groups in total. The largest absolute Gasteiger partial charge is 0.416 e. The second-order valence-corrected chi connectivity index (χ2v) is 10.4. The fourth-order valence-corrected chi connectivity index (χ4v) is 5.96. The van der Waals surface area contributed by atoms with Crippen LogP contribution in [-0.4, -0.2) is 50.0 Å². The van der Waals surface area contributed by atoms with Crippen molar-refractivity contribution in [2.24, 2.45) is 12.5 Å². The molecule has 1 saturated carbocycles. The number of thioether (sulfide) groups is 1. The first-order valence-electron chi connectivity index (χ1n) is 11.6. The molecule has 2 atom stereocenters. The quantitative estimate of drug-likeness (QED) is 0.332. The number of nitrogens with zero attached hydrogens (tertiary/aromatic N) is 6. The Hall–Kier alpha value is -2.90. The van der Waals surface area contributed by atoms with Gasteiger partial charge in [0.25, 0.3) is 0 Å². The zero-order valence-electron chi connectivity index (χ0n) is 19.3. The number of aromatic nitrogens is 4. The van der Waals surface area contributed by atoms with E-state index >= 15 is 0 Å². The molecule has 3 aromatic rings. The van der Waals surface area contributed by atoms with Crippen LogP contribution in [0.1, 0.15) is 42.0 Å². The summed E-state index contributed by atoms with van der Waals surface area (Å²) >= 11 is 1.66. The predicted octanol–water partition coefficient (Wildman–Crippen LogP) is 5.13. The molecule has 10 heteroatoms. The SMILES string of the molecule is Cn1c(SCCCN2CCC3(CC3c3ccc(C(F)(F)F)cc3)C2)nnc1-c1ccnc(C#N)c1. The monoisotopic (exact) mass is 498 g/mol. The Morgan fingerprint density at radius 3 is 2.74 bits per heavy atom. The predicted molar refractivity (Wildman–Crippen MR) is 127 cm³/mol. The molecule has 182 valence electrons. The Labute approximate surface area is 206 Å². The van der Waals surface area contributed by atoms with Gasteiger partial charge < -0.3 is 9.47 Å². The van der Waals surface area contributed by atoms with E-state index in [1.807, 2.05) is 23.8 Å². The van der Waals surface area contributed by atoms with E-state index in [1.165, 1.54) is 12.1 Å². The van der Waals surface area contributed by atoms with Gasteiger partial charge in [-0.1, -0.05) is 23.9 Å². The van der Waals surface area contributed by atoms with Gasteiger partial charge in [-0.3, -0.25) is 0 Å². The summed E-state index contributed by atoms with van der Waals surface area (Å²) in [7, 11) is 1.92. The summed E-state index contributed by atoms with van der Waals surface area (Å²) in [6.45, 7) is 3.05. The summed E-state index contributed by atoms with van der Waals surface area (Å²) in [4.78, 5) is 6.48. The Morgan fingerprint density at radius 1 is 1.20 bits per heavy atom. The molecule has 2 aliphatic rings. The highest BCUT2D eigenvalue weighted by Crippen LogP contribution is 2.64. The lowest BCUT2D eigenvalue weighted by Crippen LogP contribution is -2.23. The smallest absolute Gasteiger partial charge is 0.305 e. The Balaban J connectivity index is 1.09. The average Bonchev–Trinajstić information content (AvgIpc) is 3.19. The standard InChI is InChI=1S/C25H25F3N6S/c1-33-22(18-7-9-30-20(13-18)15-29)31-32-23(33)35-12-2-10-34-11-8-24(16-34)14-21(24)17-3-5-19(6-4-17)25(26,27)28/h3-7,9,13,21H,2,8,10-12,14,16H2,1H3. The Kier molecular flexibility index (Phi) is 6.32. The van der Waals surface area contributed by atoms with E-state index in [-0.39, 0.29) is 5.41 Å². The third-order valence-electron chi connectivity index (χ3n) is 7.11. The summed E-state index contributed by atoms with van der Waals surface area (Å²) in [5, 5.41) is 18.5. The summed E-state index contributed by atoms with van der Waals surface area (Å²) < 4.78 is 40.4. The van der Waals surface area contributed by atoms with Crippen LogP contribution in [0.2, 0.25) is 0 Å². The minimum atomic E-state index is -4.28. The minimum absolute atomic E-state index is 0.234. The highest BCUT2D eigenvalue weighted by atomic mass is 32.2. The van der Waals surface area contributed by atoms with E-state index in [9.17, 15) is 13.2 Å². The molecule has 1 aromatic carbocycles. The van der Waals surface area contributed by atoms with Gasteiger partial charge in [-0.05, 0) is 73.5 Å². The highest BCUT2D eigenvalue weighted by Gasteiger charge is 2.57. The average molecular weight is 499 g/mol. The molecule has 1 spiro atoms. The normalized spacial score (nSPS) is 22.0. The van der Waals surface area contributed by atoms with Crippen molar-refractivity contribution >= 4 is 11.8 Å². The van der Waals surface area contributed by atoms with Crippen LogP contribution in [0.25, 0.3) is 11.4 Å². The molecule has 1 aliphatic carbocycles. The maximum atomic E-state index is 12.8. The van der Waals surface area contributed by atoms with Gasteiger partial charge >= 0.3 is 6.18 Å². The van der Waals surface area contributed by atoms with Gasteiger partial charge in [0.15, 0.2) is 11.0 Å². The van der Waals surface area contributed by atoms with Crippen LogP contribution in [0.4, 0.5) is 13.2 Å². The van der Waals surface area contributed by atoms with Gasteiger partial charge in [0.05, 0.1) is 5.56 Å². The fraction of sp³-hybridized carbons (Fsp3) is 0.440. The van der Waals surface area contributed by atoms with Crippen molar-refractivity contribution in [2.45, 2.75) is 36.5 Å². The molecule has 3 heterocycles. The number of nitriles is 1. The number of halogens is 3. The molecule has 5 rings (SSSR count). The van der Waals surface area contributed by atoms with Crippen molar-refractivity contribution in [3.05, 3.63) is 59.4 Å². The van der Waals surface area contributed by atoms with Crippen molar-refractivity contribution in [2.75, 3.05) is 25.4 Å². The van der Waals surface area contributed by atoms with Crippen LogP contribution in [0, 0.1) is 16.7 Å². The van der Waals surface area contributed by atoms with E-state index in [4.69, 9.17) is 5.26 Å². The maximum absolute atomic E-state index is 12.8. The van der Waals surface area contributed by atoms with Gasteiger partial charge in [0, 0.05) is 31.1 Å². The molecule has 2 aromatic heterocycles. The number of benzene rings is 1. The van der Waals surface area contributed by atoms with Crippen LogP contribution in [0.3, 0.4) is 0 Å². The molecule has 2 fully saturated rings. The molecule has 1 aliphatic heterocycles. The van der Waals surface area contributed by atoms with Gasteiger partial charge in [-0.2, -0.15) is 18.4 Å². The first-order valence-corrected chi connectivity index (χ1v) is 12.6. The first-order chi connectivity index (χ1) is 16.8. The molecule has 0 bridgehead atoms. The number of likely N-dealkylation sites (tertiary alicyclic amines) is 1. The molecule has 0 amide bonds. The number of rotatable bonds is 7. The van der Waals surface area contributed by atoms with Gasteiger partial charge in [0.1, 0.15) is 11.8 Å². The second kappa shape index (κ2) is 9.28. The lowest BCUT2D eigenvalue weighted by Gasteiger charge is -2.16. The molecular formula is C25H25F3N6S. The van der Waals surface area contributed by atoms with E-state index in [0.717, 1.165) is 60.9 Å². The van der Waals surface area contributed by atoms with Crippen molar-refractivity contribution < 1.29 is 13.2 Å². The number of hydrogen-bond acceptors (Lipinski definition) is 6. The van der Waals surface area contributed by atoms with Crippen LogP contribution < -0.4 is 0 Å². The van der Waals surface area contributed by atoms with Crippen molar-refractivity contribution in [1.29, 1.82) is 5.26 Å². The van der Waals surface area contributed by atoms with Crippen molar-refractivity contribution in [3.63, 3.8) is 0 Å². The minimum Gasteiger partial charge on any atom is -0.305 e. The first kappa shape index (κ1) is 23.8. The lowest BCUT2D eigenvalue weighted by molar-refractivity contribution is -0.137. The number of pyridine rings is 1. The van der Waals surface area contributed by atoms with Crippen molar-refractivity contribution in [1.82, 2.24) is 24.6 Å². The van der Waals surface area contributed by atoms with Gasteiger partial charge in [0.2, 0.25) is 0 Å². The number of hydrogen-bond donors (Lipinski definition) is 0. The molecular weight excluding hydrogens is 473 g/mol. The van der Waals surface area contributed by atoms with Crippen LogP contribution >= 0.6 is 11.8 Å². The zero-order chi connectivity index (χ0) is 24.6. The Morgan fingerprint density at radius 2 is 2.00 bits per heavy atom. The molecule has 2 unspecified atom stereocenters. The van der Waals surface area contributed by atoms with Gasteiger partial charge in [-0.15, -0.1) is 10.2 Å². The fourth-order valence-electron chi connectivity index (χ4n) is 5.12. The van der Waals surface area contributed by atoms with E-state index in [1.54, 1.807) is 36.2 Å². The third-order valence-corrected chi connectivity index (χ3v) is 8.22. The summed E-state index contributed by atoms with van der Waals surface area (Å²) in [6, 6.07) is 11.3.